The second-order valence-electron chi connectivity index (χ2n) is 11.0. The molecule has 0 spiro atoms. The molecular weight excluding hydrogens is 448 g/mol. The average Bonchev–Trinajstić information content (AvgIpc) is 3.50. The van der Waals surface area contributed by atoms with Gasteiger partial charge in [-0.25, -0.2) is 9.97 Å². The van der Waals surface area contributed by atoms with Crippen LogP contribution in [0.5, 0.6) is 0 Å². The number of imidazole rings is 1. The van der Waals surface area contributed by atoms with Crippen LogP contribution in [0.3, 0.4) is 0 Å². The minimum atomic E-state index is -0.495. The van der Waals surface area contributed by atoms with E-state index < -0.39 is 5.60 Å². The van der Waals surface area contributed by atoms with E-state index in [9.17, 15) is 9.90 Å². The van der Waals surface area contributed by atoms with Gasteiger partial charge < -0.3 is 29.7 Å². The van der Waals surface area contributed by atoms with Gasteiger partial charge in [0.05, 0.1) is 23.2 Å². The Kier molecular flexibility index (Phi) is 4.69. The highest BCUT2D eigenvalue weighted by atomic mass is 16.5. The third-order valence-corrected chi connectivity index (χ3v) is 8.65. The minimum absolute atomic E-state index is 0.00273. The van der Waals surface area contributed by atoms with Crippen LogP contribution in [0.25, 0.3) is 22.6 Å². The minimum Gasteiger partial charge on any atom is -0.390 e. The predicted octanol–water partition coefficient (Wildman–Crippen LogP) is 1.75. The molecule has 3 aromatic rings. The fourth-order valence-electron chi connectivity index (χ4n) is 7.16. The van der Waals surface area contributed by atoms with Crippen LogP contribution in [-0.2, 0) is 0 Å². The Morgan fingerprint density at radius 2 is 1.94 bits per heavy atom. The van der Waals surface area contributed by atoms with Crippen molar-refractivity contribution in [2.45, 2.75) is 43.7 Å². The number of pyridine rings is 1. The maximum atomic E-state index is 13.0. The molecule has 1 amide bonds. The van der Waals surface area contributed by atoms with Crippen LogP contribution < -0.4 is 5.32 Å². The van der Waals surface area contributed by atoms with Gasteiger partial charge in [-0.05, 0) is 56.9 Å². The van der Waals surface area contributed by atoms with Crippen LogP contribution in [0.4, 0.5) is 5.69 Å². The zero-order valence-electron chi connectivity index (χ0n) is 19.8. The molecule has 184 valence electrons. The molecule has 4 bridgehead atoms. The number of amides is 1. The lowest BCUT2D eigenvalue weighted by molar-refractivity contribution is -0.129. The number of likely N-dealkylation sites (N-methyl/N-ethyl adjacent to an activating group) is 1. The second-order valence-corrected chi connectivity index (χ2v) is 11.0. The SMILES string of the molecule is CN1CCN(C(=O)c2nc(-c3cnc4nc[nH]c4c3NC3[C@@H]4CC5C[C@H]3CC(O)(C5)C4)no2)CC1. The summed E-state index contributed by atoms with van der Waals surface area (Å²) in [7, 11) is 2.05. The Morgan fingerprint density at radius 1 is 1.17 bits per heavy atom. The van der Waals surface area contributed by atoms with Crippen molar-refractivity contribution in [1.82, 2.24) is 34.9 Å². The van der Waals surface area contributed by atoms with Gasteiger partial charge >= 0.3 is 11.8 Å². The maximum Gasteiger partial charge on any atom is 0.316 e. The summed E-state index contributed by atoms with van der Waals surface area (Å²) in [5.41, 5.74) is 2.40. The smallest absolute Gasteiger partial charge is 0.316 e. The fraction of sp³-hybridized carbons (Fsp3) is 0.625. The first-order valence-electron chi connectivity index (χ1n) is 12.6. The first kappa shape index (κ1) is 21.3. The van der Waals surface area contributed by atoms with Crippen LogP contribution >= 0.6 is 0 Å². The van der Waals surface area contributed by atoms with Gasteiger partial charge in [-0.2, -0.15) is 4.98 Å². The molecule has 0 radical (unpaired) electrons. The number of carbonyl (C=O) groups excluding carboxylic acids is 1. The number of nitrogens with zero attached hydrogens (tertiary/aromatic N) is 6. The molecule has 1 saturated heterocycles. The zero-order chi connectivity index (χ0) is 23.7. The number of nitrogens with one attached hydrogen (secondary N) is 2. The van der Waals surface area contributed by atoms with Crippen LogP contribution in [0.15, 0.2) is 17.0 Å². The molecule has 3 unspecified atom stereocenters. The summed E-state index contributed by atoms with van der Waals surface area (Å²) >= 11 is 0. The Bertz CT molecular complexity index is 1260. The maximum absolute atomic E-state index is 13.0. The third-order valence-electron chi connectivity index (χ3n) is 8.65. The van der Waals surface area contributed by atoms with Gasteiger partial charge in [-0.15, -0.1) is 0 Å². The van der Waals surface area contributed by atoms with E-state index in [4.69, 9.17) is 4.52 Å². The number of piperazine rings is 1. The van der Waals surface area contributed by atoms with E-state index in [-0.39, 0.29) is 17.8 Å². The van der Waals surface area contributed by atoms with Gasteiger partial charge in [-0.3, -0.25) is 4.79 Å². The van der Waals surface area contributed by atoms with Crippen molar-refractivity contribution >= 4 is 22.8 Å². The van der Waals surface area contributed by atoms with Crippen LogP contribution in [-0.4, -0.2) is 90.8 Å². The summed E-state index contributed by atoms with van der Waals surface area (Å²) in [5, 5.41) is 19.0. The zero-order valence-corrected chi connectivity index (χ0v) is 19.8. The van der Waals surface area contributed by atoms with Crippen molar-refractivity contribution in [3.63, 3.8) is 0 Å². The molecular formula is C24H30N8O3. The van der Waals surface area contributed by atoms with E-state index in [2.05, 4.69) is 35.3 Å². The number of rotatable bonds is 4. The molecule has 5 aliphatic rings. The Morgan fingerprint density at radius 3 is 2.69 bits per heavy atom. The largest absolute Gasteiger partial charge is 0.390 e. The summed E-state index contributed by atoms with van der Waals surface area (Å²) < 4.78 is 5.43. The summed E-state index contributed by atoms with van der Waals surface area (Å²) in [5.74, 6) is 1.56. The molecule has 8 rings (SSSR count). The Hall–Kier alpha value is -3.05. The highest BCUT2D eigenvalue weighted by Crippen LogP contribution is 2.56. The summed E-state index contributed by atoms with van der Waals surface area (Å²) in [6.07, 6.45) is 8.26. The fourth-order valence-corrected chi connectivity index (χ4v) is 7.16. The van der Waals surface area contributed by atoms with E-state index in [1.165, 1.54) is 0 Å². The number of fused-ring (bicyclic) bond motifs is 1. The summed E-state index contributed by atoms with van der Waals surface area (Å²) in [6.45, 7) is 2.92. The molecule has 5 fully saturated rings. The lowest BCUT2D eigenvalue weighted by Crippen LogP contribution is -2.59. The predicted molar refractivity (Wildman–Crippen MR) is 126 cm³/mol. The molecule has 4 saturated carbocycles. The molecule has 0 aromatic carbocycles. The summed E-state index contributed by atoms with van der Waals surface area (Å²) in [4.78, 5) is 33.4. The lowest BCUT2D eigenvalue weighted by atomic mass is 9.52. The summed E-state index contributed by atoms with van der Waals surface area (Å²) in [6, 6.07) is 0.248. The molecule has 3 N–H and O–H groups in total. The van der Waals surface area contributed by atoms with E-state index in [0.29, 0.717) is 47.9 Å². The molecule has 1 aliphatic heterocycles. The number of hydrogen-bond acceptors (Lipinski definition) is 9. The number of hydrogen-bond donors (Lipinski definition) is 3. The van der Waals surface area contributed by atoms with Gasteiger partial charge in [0, 0.05) is 38.4 Å². The number of carbonyl (C=O) groups is 1. The lowest BCUT2D eigenvalue weighted by Gasteiger charge is -2.58. The van der Waals surface area contributed by atoms with Gasteiger partial charge in [0.2, 0.25) is 5.82 Å². The third kappa shape index (κ3) is 3.51. The second kappa shape index (κ2) is 7.72. The van der Waals surface area contributed by atoms with Crippen molar-refractivity contribution in [3.05, 3.63) is 18.4 Å². The monoisotopic (exact) mass is 478 g/mol. The number of aromatic nitrogens is 5. The quantitative estimate of drug-likeness (QED) is 0.512. The van der Waals surface area contributed by atoms with Crippen molar-refractivity contribution in [1.29, 1.82) is 0 Å². The molecule has 5 atom stereocenters. The molecule has 11 heteroatoms. The van der Waals surface area contributed by atoms with Crippen LogP contribution in [0.1, 0.15) is 42.8 Å². The highest BCUT2D eigenvalue weighted by Gasteiger charge is 2.54. The van der Waals surface area contributed by atoms with Crippen molar-refractivity contribution in [3.8, 4) is 11.4 Å². The molecule has 4 aliphatic carbocycles. The molecule has 3 aromatic heterocycles. The first-order valence-corrected chi connectivity index (χ1v) is 12.6. The van der Waals surface area contributed by atoms with E-state index in [1.54, 1.807) is 17.4 Å². The Labute approximate surface area is 202 Å². The van der Waals surface area contributed by atoms with E-state index in [1.807, 2.05) is 7.05 Å². The van der Waals surface area contributed by atoms with Crippen molar-refractivity contribution in [2.24, 2.45) is 17.8 Å². The van der Waals surface area contributed by atoms with Crippen LogP contribution in [0, 0.1) is 17.8 Å². The van der Waals surface area contributed by atoms with Gasteiger partial charge in [0.15, 0.2) is 5.65 Å². The van der Waals surface area contributed by atoms with Gasteiger partial charge in [0.25, 0.3) is 0 Å². The van der Waals surface area contributed by atoms with Gasteiger partial charge in [0.1, 0.15) is 5.52 Å². The topological polar surface area (TPSA) is 136 Å². The van der Waals surface area contributed by atoms with Crippen molar-refractivity contribution < 1.29 is 14.4 Å². The van der Waals surface area contributed by atoms with Crippen molar-refractivity contribution in [2.75, 3.05) is 38.5 Å². The Balaban J connectivity index is 1.21. The molecule has 35 heavy (non-hydrogen) atoms. The van der Waals surface area contributed by atoms with E-state index >= 15 is 0 Å². The van der Waals surface area contributed by atoms with Crippen LogP contribution in [0.2, 0.25) is 0 Å². The van der Waals surface area contributed by atoms with Gasteiger partial charge in [-0.1, -0.05) is 5.16 Å². The standard InChI is InChI=1S/C24H30N8O3/c1-31-2-4-32(5-3-31)23(33)22-29-20(30-35-22)16-11-25-21-19(26-12-27-21)18(16)28-17-14-6-13-7-15(17)10-24(34,8-13)9-14/h11-15,17,34H,2-10H2,1H3,(H2,25,26,27,28)/t13?,14-,15+,17?,24?. The average molecular weight is 479 g/mol. The number of aliphatic hydroxyl groups is 1. The number of H-pyrrole nitrogens is 1. The highest BCUT2D eigenvalue weighted by molar-refractivity contribution is 5.95. The first-order chi connectivity index (χ1) is 17.0. The molecule has 11 nitrogen and oxygen atoms in total. The number of aromatic amines is 1. The normalized spacial score (nSPS) is 32.5. The van der Waals surface area contributed by atoms with E-state index in [0.717, 1.165) is 56.4 Å². The number of anilines is 1. The molecule has 4 heterocycles.